The third kappa shape index (κ3) is 2.86. The summed E-state index contributed by atoms with van der Waals surface area (Å²) in [5.74, 6) is 1.64. The smallest absolute Gasteiger partial charge is 0.127 e. The summed E-state index contributed by atoms with van der Waals surface area (Å²) in [6.45, 7) is 0. The summed E-state index contributed by atoms with van der Waals surface area (Å²) in [5.41, 5.74) is 0.376. The lowest BCUT2D eigenvalue weighted by molar-refractivity contribution is -0.000646. The van der Waals surface area contributed by atoms with Gasteiger partial charge in [0.15, 0.2) is 0 Å². The second-order valence-electron chi connectivity index (χ2n) is 5.53. The van der Waals surface area contributed by atoms with Gasteiger partial charge in [-0.3, -0.25) is 0 Å². The summed E-state index contributed by atoms with van der Waals surface area (Å²) in [5, 5.41) is 10.7. The average molecular weight is 268 g/mol. The molecular formula is C18H20O2. The minimum absolute atomic E-state index is 0.635. The van der Waals surface area contributed by atoms with Crippen LogP contribution >= 0.6 is 0 Å². The van der Waals surface area contributed by atoms with Crippen LogP contribution < -0.4 is 4.74 Å². The molecule has 2 aromatic carbocycles. The predicted octanol–water partition coefficient (Wildman–Crippen LogP) is 4.63. The molecule has 0 spiro atoms. The van der Waals surface area contributed by atoms with E-state index in [0.717, 1.165) is 42.7 Å². The summed E-state index contributed by atoms with van der Waals surface area (Å²) in [4.78, 5) is 0. The fraction of sp³-hybridized carbons (Fsp3) is 0.333. The Morgan fingerprint density at radius 2 is 1.35 bits per heavy atom. The molecule has 0 saturated heterocycles. The summed E-state index contributed by atoms with van der Waals surface area (Å²) in [6.07, 6.45) is 5.19. The van der Waals surface area contributed by atoms with Crippen molar-refractivity contribution in [2.75, 3.05) is 0 Å². The van der Waals surface area contributed by atoms with E-state index in [2.05, 4.69) is 0 Å². The van der Waals surface area contributed by atoms with E-state index in [4.69, 9.17) is 4.74 Å². The van der Waals surface area contributed by atoms with E-state index in [1.807, 2.05) is 54.6 Å². The minimum atomic E-state index is -0.635. The number of ether oxygens (including phenoxy) is 1. The molecular weight excluding hydrogens is 248 g/mol. The molecule has 1 N–H and O–H groups in total. The second-order valence-corrected chi connectivity index (χ2v) is 5.53. The van der Waals surface area contributed by atoms with Crippen molar-refractivity contribution in [2.45, 2.75) is 37.7 Å². The number of aliphatic hydroxyl groups is 1. The third-order valence-corrected chi connectivity index (χ3v) is 4.05. The van der Waals surface area contributed by atoms with Crippen molar-refractivity contribution in [1.29, 1.82) is 0 Å². The number of para-hydroxylation sites is 1. The molecule has 0 unspecified atom stereocenters. The van der Waals surface area contributed by atoms with Gasteiger partial charge in [-0.1, -0.05) is 49.6 Å². The van der Waals surface area contributed by atoms with Gasteiger partial charge in [-0.25, -0.2) is 0 Å². The van der Waals surface area contributed by atoms with Crippen LogP contribution in [0.5, 0.6) is 11.5 Å². The zero-order valence-corrected chi connectivity index (χ0v) is 11.6. The van der Waals surface area contributed by atoms with Crippen molar-refractivity contribution in [1.82, 2.24) is 0 Å². The largest absolute Gasteiger partial charge is 0.457 e. The molecule has 0 radical (unpaired) electrons. The van der Waals surface area contributed by atoms with Gasteiger partial charge in [0, 0.05) is 0 Å². The fourth-order valence-corrected chi connectivity index (χ4v) is 2.88. The molecule has 0 bridgehead atoms. The predicted molar refractivity (Wildman–Crippen MR) is 79.9 cm³/mol. The lowest BCUT2D eigenvalue weighted by Crippen LogP contribution is -2.28. The van der Waals surface area contributed by atoms with Crippen molar-refractivity contribution in [3.05, 3.63) is 60.2 Å². The van der Waals surface area contributed by atoms with Gasteiger partial charge in [0.1, 0.15) is 11.5 Å². The molecule has 2 heteroatoms. The van der Waals surface area contributed by atoms with Gasteiger partial charge in [0.05, 0.1) is 5.60 Å². The van der Waals surface area contributed by atoms with Gasteiger partial charge < -0.3 is 9.84 Å². The molecule has 1 saturated carbocycles. The molecule has 20 heavy (non-hydrogen) atoms. The highest BCUT2D eigenvalue weighted by atomic mass is 16.5. The van der Waals surface area contributed by atoms with Crippen LogP contribution in [0.3, 0.4) is 0 Å². The molecule has 0 aromatic heterocycles. The van der Waals surface area contributed by atoms with Crippen LogP contribution in [0.2, 0.25) is 0 Å². The van der Waals surface area contributed by atoms with Crippen molar-refractivity contribution in [3.63, 3.8) is 0 Å². The summed E-state index contributed by atoms with van der Waals surface area (Å²) in [7, 11) is 0. The summed E-state index contributed by atoms with van der Waals surface area (Å²) in [6, 6.07) is 17.6. The molecule has 0 atom stereocenters. The molecule has 0 heterocycles. The molecule has 1 fully saturated rings. The Kier molecular flexibility index (Phi) is 3.75. The zero-order chi connectivity index (χ0) is 13.8. The van der Waals surface area contributed by atoms with Crippen LogP contribution in [-0.2, 0) is 5.60 Å². The summed E-state index contributed by atoms with van der Waals surface area (Å²) >= 11 is 0. The van der Waals surface area contributed by atoms with Gasteiger partial charge in [-0.05, 0) is 42.7 Å². The fourth-order valence-electron chi connectivity index (χ4n) is 2.88. The SMILES string of the molecule is OC1(c2ccc(Oc3ccccc3)cc2)CCCCC1. The molecule has 104 valence electrons. The quantitative estimate of drug-likeness (QED) is 0.879. The highest BCUT2D eigenvalue weighted by Crippen LogP contribution is 2.37. The van der Waals surface area contributed by atoms with Gasteiger partial charge >= 0.3 is 0 Å². The Morgan fingerprint density at radius 1 is 0.750 bits per heavy atom. The van der Waals surface area contributed by atoms with E-state index in [0.29, 0.717) is 0 Å². The van der Waals surface area contributed by atoms with Crippen LogP contribution in [0, 0.1) is 0 Å². The highest BCUT2D eigenvalue weighted by Gasteiger charge is 2.30. The van der Waals surface area contributed by atoms with Gasteiger partial charge in [-0.15, -0.1) is 0 Å². The first-order valence-electron chi connectivity index (χ1n) is 7.32. The minimum Gasteiger partial charge on any atom is -0.457 e. The maximum absolute atomic E-state index is 10.7. The highest BCUT2D eigenvalue weighted by molar-refractivity contribution is 5.35. The monoisotopic (exact) mass is 268 g/mol. The van der Waals surface area contributed by atoms with Gasteiger partial charge in [-0.2, -0.15) is 0 Å². The molecule has 0 aliphatic heterocycles. The standard InChI is InChI=1S/C18H20O2/c19-18(13-5-2-6-14-18)15-9-11-17(12-10-15)20-16-7-3-1-4-8-16/h1,3-4,7-12,19H,2,5-6,13-14H2. The molecule has 3 rings (SSSR count). The lowest BCUT2D eigenvalue weighted by Gasteiger charge is -2.32. The molecule has 0 amide bonds. The van der Waals surface area contributed by atoms with Crippen molar-refractivity contribution >= 4 is 0 Å². The normalized spacial score (nSPS) is 17.6. The zero-order valence-electron chi connectivity index (χ0n) is 11.6. The molecule has 2 nitrogen and oxygen atoms in total. The van der Waals surface area contributed by atoms with E-state index in [1.165, 1.54) is 6.42 Å². The maximum atomic E-state index is 10.7. The Hall–Kier alpha value is -1.80. The lowest BCUT2D eigenvalue weighted by atomic mass is 9.80. The molecule has 1 aliphatic rings. The van der Waals surface area contributed by atoms with Crippen molar-refractivity contribution < 1.29 is 9.84 Å². The van der Waals surface area contributed by atoms with Crippen LogP contribution in [-0.4, -0.2) is 5.11 Å². The van der Waals surface area contributed by atoms with E-state index in [1.54, 1.807) is 0 Å². The van der Waals surface area contributed by atoms with E-state index in [9.17, 15) is 5.11 Å². The van der Waals surface area contributed by atoms with Gasteiger partial charge in [0.25, 0.3) is 0 Å². The van der Waals surface area contributed by atoms with Crippen LogP contribution in [0.4, 0.5) is 0 Å². The van der Waals surface area contributed by atoms with Gasteiger partial charge in [0.2, 0.25) is 0 Å². The van der Waals surface area contributed by atoms with Crippen molar-refractivity contribution in [2.24, 2.45) is 0 Å². The first-order chi connectivity index (χ1) is 9.76. The van der Waals surface area contributed by atoms with E-state index in [-0.39, 0.29) is 0 Å². The number of benzene rings is 2. The Bertz CT molecular complexity index is 539. The average Bonchev–Trinajstić information content (AvgIpc) is 2.50. The number of rotatable bonds is 3. The Balaban J connectivity index is 1.74. The Morgan fingerprint density at radius 3 is 2.00 bits per heavy atom. The Labute approximate surface area is 120 Å². The second kappa shape index (κ2) is 5.68. The number of hydrogen-bond acceptors (Lipinski definition) is 2. The maximum Gasteiger partial charge on any atom is 0.127 e. The van der Waals surface area contributed by atoms with Crippen molar-refractivity contribution in [3.8, 4) is 11.5 Å². The number of hydrogen-bond donors (Lipinski definition) is 1. The molecule has 1 aliphatic carbocycles. The van der Waals surface area contributed by atoms with Crippen LogP contribution in [0.15, 0.2) is 54.6 Å². The summed E-state index contributed by atoms with van der Waals surface area (Å²) < 4.78 is 5.77. The first kappa shape index (κ1) is 13.2. The van der Waals surface area contributed by atoms with E-state index >= 15 is 0 Å². The van der Waals surface area contributed by atoms with Crippen LogP contribution in [0.25, 0.3) is 0 Å². The first-order valence-corrected chi connectivity index (χ1v) is 7.32. The van der Waals surface area contributed by atoms with Crippen LogP contribution in [0.1, 0.15) is 37.7 Å². The topological polar surface area (TPSA) is 29.5 Å². The molecule has 2 aromatic rings. The van der Waals surface area contributed by atoms with E-state index < -0.39 is 5.60 Å². The third-order valence-electron chi connectivity index (χ3n) is 4.05.